The Morgan fingerprint density at radius 3 is 1.72 bits per heavy atom. The highest BCUT2D eigenvalue weighted by molar-refractivity contribution is 6.18. The van der Waals surface area contributed by atoms with Crippen LogP contribution in [0.4, 0.5) is 17.1 Å². The molecule has 0 N–H and O–H groups in total. The fraction of sp³-hybridized carbons (Fsp3) is 0.0169. The topological polar surface area (TPSA) is 7.65 Å². The van der Waals surface area contributed by atoms with Gasteiger partial charge in [0.25, 0.3) is 0 Å². The maximum Gasteiger partial charge on any atom is 0.0714 e. The first-order valence-electron chi connectivity index (χ1n) is 21.1. The lowest BCUT2D eigenvalue weighted by Crippen LogP contribution is -2.28. The van der Waals surface area contributed by atoms with Gasteiger partial charge in [-0.1, -0.05) is 188 Å². The van der Waals surface area contributed by atoms with E-state index in [0.29, 0.717) is 0 Å². The summed E-state index contributed by atoms with van der Waals surface area (Å²) in [5.74, 6) is 0. The predicted octanol–water partition coefficient (Wildman–Crippen LogP) is 15.4. The van der Waals surface area contributed by atoms with E-state index in [2.05, 4.69) is 252 Å². The molecule has 2 heterocycles. The van der Waals surface area contributed by atoms with Crippen molar-refractivity contribution in [2.45, 2.75) is 5.41 Å². The molecule has 1 aliphatic carbocycles. The molecule has 0 fully saturated rings. The zero-order chi connectivity index (χ0) is 40.3. The van der Waals surface area contributed by atoms with Crippen LogP contribution in [0.5, 0.6) is 0 Å². The predicted molar refractivity (Wildman–Crippen MR) is 255 cm³/mol. The van der Waals surface area contributed by atoms with E-state index in [-0.39, 0.29) is 0 Å². The molecular formula is C59H40N2. The fourth-order valence-electron chi connectivity index (χ4n) is 10.2. The molecule has 0 aliphatic heterocycles. The van der Waals surface area contributed by atoms with Crippen molar-refractivity contribution < 1.29 is 0 Å². The van der Waals surface area contributed by atoms with Crippen LogP contribution in [0.25, 0.3) is 60.6 Å². The van der Waals surface area contributed by atoms with Gasteiger partial charge in [0.2, 0.25) is 0 Å². The van der Waals surface area contributed by atoms with Crippen LogP contribution in [0.2, 0.25) is 0 Å². The summed E-state index contributed by atoms with van der Waals surface area (Å²) >= 11 is 0. The number of fused-ring (bicyclic) bond motifs is 8. The summed E-state index contributed by atoms with van der Waals surface area (Å²) in [6, 6.07) is 86.6. The van der Waals surface area contributed by atoms with E-state index in [0.717, 1.165) is 28.2 Å². The molecule has 0 unspecified atom stereocenters. The third kappa shape index (κ3) is 5.43. The van der Waals surface area contributed by atoms with Crippen molar-refractivity contribution in [3.63, 3.8) is 0 Å². The largest absolute Gasteiger partial charge is 0.315 e. The molecule has 2 heteroatoms. The summed E-state index contributed by atoms with van der Waals surface area (Å²) in [5, 5.41) is 3.80. The summed E-state index contributed by atoms with van der Waals surface area (Å²) in [4.78, 5) is 2.41. The van der Waals surface area contributed by atoms with E-state index in [9.17, 15) is 0 Å². The lowest BCUT2D eigenvalue weighted by atomic mass is 9.67. The van der Waals surface area contributed by atoms with Crippen LogP contribution in [0, 0.1) is 0 Å². The van der Waals surface area contributed by atoms with Crippen LogP contribution in [0.3, 0.4) is 0 Å². The van der Waals surface area contributed by atoms with Crippen molar-refractivity contribution in [2.24, 2.45) is 0 Å². The monoisotopic (exact) mass is 776 g/mol. The Balaban J connectivity index is 1.05. The Morgan fingerprint density at radius 1 is 0.361 bits per heavy atom. The quantitative estimate of drug-likeness (QED) is 0.156. The van der Waals surface area contributed by atoms with Crippen LogP contribution in [-0.4, -0.2) is 4.40 Å². The van der Waals surface area contributed by atoms with Gasteiger partial charge in [0.15, 0.2) is 0 Å². The molecule has 9 aromatic carbocycles. The number of benzene rings is 9. The van der Waals surface area contributed by atoms with E-state index >= 15 is 0 Å². The van der Waals surface area contributed by atoms with Gasteiger partial charge < -0.3 is 9.30 Å². The van der Waals surface area contributed by atoms with Crippen molar-refractivity contribution in [3.8, 4) is 33.4 Å². The van der Waals surface area contributed by atoms with Gasteiger partial charge in [-0.2, -0.15) is 0 Å². The third-order valence-corrected chi connectivity index (χ3v) is 12.8. The molecule has 12 rings (SSSR count). The van der Waals surface area contributed by atoms with Gasteiger partial charge in [-0.15, -0.1) is 0 Å². The molecule has 0 saturated carbocycles. The van der Waals surface area contributed by atoms with E-state index in [1.54, 1.807) is 0 Å². The Hall–Kier alpha value is -7.94. The minimum Gasteiger partial charge on any atom is -0.315 e. The minimum absolute atomic E-state index is 0.493. The highest BCUT2D eigenvalue weighted by Gasteiger charge is 2.46. The SMILES string of the molecule is c1ccc(-c2c3c4ccccc4ccc3n3cc(-c4cccc(N(c5ccccc5)c5ccc6c(c5)C(c5ccccc5)(c5ccccc5)c5ccccc5-6)c4)ccc23)cc1. The van der Waals surface area contributed by atoms with E-state index in [4.69, 9.17) is 0 Å². The van der Waals surface area contributed by atoms with Crippen LogP contribution in [0.1, 0.15) is 22.3 Å². The Labute approximate surface area is 355 Å². The third-order valence-electron chi connectivity index (χ3n) is 12.8. The molecule has 286 valence electrons. The van der Waals surface area contributed by atoms with Crippen molar-refractivity contribution in [1.82, 2.24) is 4.40 Å². The second kappa shape index (κ2) is 14.1. The number of pyridine rings is 1. The number of hydrogen-bond donors (Lipinski definition) is 0. The number of anilines is 3. The Kier molecular flexibility index (Phi) is 8.11. The van der Waals surface area contributed by atoms with Gasteiger partial charge in [-0.3, -0.25) is 0 Å². The van der Waals surface area contributed by atoms with E-state index in [1.165, 1.54) is 71.7 Å². The molecule has 61 heavy (non-hydrogen) atoms. The summed E-state index contributed by atoms with van der Waals surface area (Å²) in [5.41, 5.74) is 17.7. The zero-order valence-electron chi connectivity index (χ0n) is 33.5. The smallest absolute Gasteiger partial charge is 0.0714 e. The molecule has 0 atom stereocenters. The van der Waals surface area contributed by atoms with Crippen molar-refractivity contribution in [1.29, 1.82) is 0 Å². The number of hydrogen-bond acceptors (Lipinski definition) is 1. The summed E-state index contributed by atoms with van der Waals surface area (Å²) in [7, 11) is 0. The van der Waals surface area contributed by atoms with Gasteiger partial charge >= 0.3 is 0 Å². The van der Waals surface area contributed by atoms with Gasteiger partial charge in [0.05, 0.1) is 16.4 Å². The highest BCUT2D eigenvalue weighted by Crippen LogP contribution is 2.57. The minimum atomic E-state index is -0.493. The average molecular weight is 777 g/mol. The second-order valence-electron chi connectivity index (χ2n) is 16.1. The summed E-state index contributed by atoms with van der Waals surface area (Å²) in [6.45, 7) is 0. The standard InChI is InChI=1S/C59H40N2/c1-5-19-42(20-6-1)57-55-37-33-44(40-60(55)56-36-32-41-18-13-14-29-50(41)58(56)57)43-21-17-28-48(38-43)61(47-26-11-4-12-27-47)49-34-35-52-51-30-15-16-31-53(51)59(54(52)39-49,45-22-7-2-8-23-45)46-24-9-3-10-25-46/h1-40H. The van der Waals surface area contributed by atoms with Gasteiger partial charge in [0, 0.05) is 34.2 Å². The number of rotatable bonds is 7. The molecule has 11 aromatic rings. The maximum absolute atomic E-state index is 2.45. The first-order chi connectivity index (χ1) is 30.3. The molecule has 1 aliphatic rings. The van der Waals surface area contributed by atoms with Gasteiger partial charge in [-0.25, -0.2) is 0 Å². The number of aromatic nitrogens is 1. The van der Waals surface area contributed by atoms with Gasteiger partial charge in [-0.05, 0) is 109 Å². The molecule has 0 bridgehead atoms. The number of para-hydroxylation sites is 1. The molecular weight excluding hydrogens is 737 g/mol. The van der Waals surface area contributed by atoms with Crippen LogP contribution >= 0.6 is 0 Å². The molecule has 0 spiro atoms. The summed E-state index contributed by atoms with van der Waals surface area (Å²) in [6.07, 6.45) is 2.32. The normalized spacial score (nSPS) is 12.7. The first kappa shape index (κ1) is 35.0. The average Bonchev–Trinajstić information content (AvgIpc) is 3.83. The van der Waals surface area contributed by atoms with Crippen molar-refractivity contribution in [2.75, 3.05) is 4.90 Å². The molecule has 0 radical (unpaired) electrons. The van der Waals surface area contributed by atoms with Crippen LogP contribution < -0.4 is 4.90 Å². The van der Waals surface area contributed by atoms with Crippen molar-refractivity contribution in [3.05, 3.63) is 265 Å². The Bertz CT molecular complexity index is 3360. The lowest BCUT2D eigenvalue weighted by molar-refractivity contribution is 0.768. The molecule has 2 aromatic heterocycles. The first-order valence-corrected chi connectivity index (χ1v) is 21.1. The highest BCUT2D eigenvalue weighted by atomic mass is 15.1. The fourth-order valence-corrected chi connectivity index (χ4v) is 10.2. The number of nitrogens with zero attached hydrogens (tertiary/aromatic N) is 2. The maximum atomic E-state index is 2.45. The van der Waals surface area contributed by atoms with Gasteiger partial charge in [0.1, 0.15) is 0 Å². The lowest BCUT2D eigenvalue weighted by Gasteiger charge is -2.35. The molecule has 0 amide bonds. The Morgan fingerprint density at radius 2 is 0.951 bits per heavy atom. The van der Waals surface area contributed by atoms with Crippen molar-refractivity contribution >= 4 is 44.3 Å². The molecule has 0 saturated heterocycles. The second-order valence-corrected chi connectivity index (χ2v) is 16.1. The summed E-state index contributed by atoms with van der Waals surface area (Å²) < 4.78 is 2.39. The van der Waals surface area contributed by atoms with Crippen LogP contribution in [-0.2, 0) is 5.41 Å². The van der Waals surface area contributed by atoms with Crippen LogP contribution in [0.15, 0.2) is 243 Å². The molecule has 2 nitrogen and oxygen atoms in total. The zero-order valence-corrected chi connectivity index (χ0v) is 33.5. The van der Waals surface area contributed by atoms with E-state index in [1.807, 2.05) is 0 Å². The van der Waals surface area contributed by atoms with E-state index < -0.39 is 5.41 Å².